The maximum Gasteiger partial charge on any atom is 0.124 e. The fraction of sp³-hybridized carbons (Fsp3) is 0.333. The summed E-state index contributed by atoms with van der Waals surface area (Å²) in [7, 11) is 0. The summed E-state index contributed by atoms with van der Waals surface area (Å²) in [6, 6.07) is 4.68. The minimum atomic E-state index is -0.242. The highest BCUT2D eigenvalue weighted by atomic mass is 79.9. The number of halogens is 2. The molecule has 1 aliphatic carbocycles. The summed E-state index contributed by atoms with van der Waals surface area (Å²) in [6.45, 7) is 0. The van der Waals surface area contributed by atoms with Crippen molar-refractivity contribution < 1.29 is 4.39 Å². The number of hydrogen-bond acceptors (Lipinski definition) is 1. The summed E-state index contributed by atoms with van der Waals surface area (Å²) >= 11 is 3.27. The van der Waals surface area contributed by atoms with E-state index in [1.165, 1.54) is 24.1 Å². The summed E-state index contributed by atoms with van der Waals surface area (Å²) in [6.07, 6.45) is 5.47. The molecule has 0 spiro atoms. The molecule has 1 unspecified atom stereocenters. The molecular formula is C12H13BrFN. The quantitative estimate of drug-likeness (QED) is 0.815. The molecule has 1 atom stereocenters. The molecule has 0 heterocycles. The molecule has 0 fully saturated rings. The zero-order chi connectivity index (χ0) is 10.8. The molecule has 1 aromatic carbocycles. The van der Waals surface area contributed by atoms with E-state index in [-0.39, 0.29) is 11.9 Å². The van der Waals surface area contributed by atoms with E-state index in [1.54, 1.807) is 0 Å². The Morgan fingerprint density at radius 2 is 2.13 bits per heavy atom. The van der Waals surface area contributed by atoms with E-state index in [2.05, 4.69) is 22.0 Å². The SMILES string of the molecule is NC(C1=CCCC1)c1cc(F)cc(Br)c1. The van der Waals surface area contributed by atoms with Crippen LogP contribution in [0, 0.1) is 5.82 Å². The van der Waals surface area contributed by atoms with Gasteiger partial charge in [-0.05, 0) is 43.0 Å². The average Bonchev–Trinajstić information content (AvgIpc) is 2.67. The topological polar surface area (TPSA) is 26.0 Å². The fourth-order valence-electron chi connectivity index (χ4n) is 1.95. The fourth-order valence-corrected chi connectivity index (χ4v) is 2.43. The lowest BCUT2D eigenvalue weighted by Crippen LogP contribution is -2.12. The molecule has 15 heavy (non-hydrogen) atoms. The first kappa shape index (κ1) is 10.8. The Hall–Kier alpha value is -0.670. The third-order valence-corrected chi connectivity index (χ3v) is 3.18. The summed E-state index contributed by atoms with van der Waals surface area (Å²) in [5.74, 6) is -0.242. The first-order valence-corrected chi connectivity index (χ1v) is 5.86. The largest absolute Gasteiger partial charge is 0.321 e. The summed E-state index contributed by atoms with van der Waals surface area (Å²) in [5, 5.41) is 0. The second-order valence-corrected chi connectivity index (χ2v) is 4.77. The molecule has 80 valence electrons. The van der Waals surface area contributed by atoms with E-state index >= 15 is 0 Å². The zero-order valence-electron chi connectivity index (χ0n) is 8.34. The summed E-state index contributed by atoms with van der Waals surface area (Å²) < 4.78 is 13.9. The Bertz CT molecular complexity index is 380. The molecule has 0 radical (unpaired) electrons. The van der Waals surface area contributed by atoms with E-state index < -0.39 is 0 Å². The van der Waals surface area contributed by atoms with Crippen LogP contribution in [0.3, 0.4) is 0 Å². The molecule has 2 N–H and O–H groups in total. The van der Waals surface area contributed by atoms with Crippen LogP contribution in [-0.2, 0) is 0 Å². The van der Waals surface area contributed by atoms with Crippen molar-refractivity contribution in [1.29, 1.82) is 0 Å². The van der Waals surface area contributed by atoms with Crippen LogP contribution in [0.15, 0.2) is 34.3 Å². The number of allylic oxidation sites excluding steroid dienone is 1. The van der Waals surface area contributed by atoms with Crippen molar-refractivity contribution in [1.82, 2.24) is 0 Å². The van der Waals surface area contributed by atoms with Crippen LogP contribution in [0.5, 0.6) is 0 Å². The smallest absolute Gasteiger partial charge is 0.124 e. The van der Waals surface area contributed by atoms with Crippen LogP contribution in [0.2, 0.25) is 0 Å². The van der Waals surface area contributed by atoms with E-state index in [4.69, 9.17) is 5.73 Å². The van der Waals surface area contributed by atoms with Gasteiger partial charge in [0.15, 0.2) is 0 Å². The molecular weight excluding hydrogens is 257 g/mol. The number of hydrogen-bond donors (Lipinski definition) is 1. The van der Waals surface area contributed by atoms with Gasteiger partial charge in [0.05, 0.1) is 6.04 Å². The zero-order valence-corrected chi connectivity index (χ0v) is 9.93. The Kier molecular flexibility index (Phi) is 3.22. The molecule has 2 rings (SSSR count). The standard InChI is InChI=1S/C12H13BrFN/c13-10-5-9(6-11(14)7-10)12(15)8-3-1-2-4-8/h3,5-7,12H,1-2,4,15H2. The normalized spacial score (nSPS) is 17.7. The predicted molar refractivity (Wildman–Crippen MR) is 63.0 cm³/mol. The van der Waals surface area contributed by atoms with Crippen molar-refractivity contribution >= 4 is 15.9 Å². The monoisotopic (exact) mass is 269 g/mol. The second kappa shape index (κ2) is 4.45. The van der Waals surface area contributed by atoms with Crippen molar-refractivity contribution in [3.63, 3.8) is 0 Å². The lowest BCUT2D eigenvalue weighted by Gasteiger charge is -2.14. The van der Waals surface area contributed by atoms with Crippen molar-refractivity contribution in [2.45, 2.75) is 25.3 Å². The van der Waals surface area contributed by atoms with E-state index in [1.807, 2.05) is 6.07 Å². The lowest BCUT2D eigenvalue weighted by molar-refractivity contribution is 0.621. The molecule has 0 saturated carbocycles. The minimum absolute atomic E-state index is 0.153. The van der Waals surface area contributed by atoms with Gasteiger partial charge in [0.2, 0.25) is 0 Å². The first-order chi connectivity index (χ1) is 7.16. The first-order valence-electron chi connectivity index (χ1n) is 5.07. The van der Waals surface area contributed by atoms with Crippen LogP contribution in [0.4, 0.5) is 4.39 Å². The molecule has 0 bridgehead atoms. The van der Waals surface area contributed by atoms with Crippen molar-refractivity contribution in [2.24, 2.45) is 5.73 Å². The van der Waals surface area contributed by atoms with E-state index in [0.29, 0.717) is 0 Å². The van der Waals surface area contributed by atoms with Gasteiger partial charge in [-0.2, -0.15) is 0 Å². The van der Waals surface area contributed by atoms with Gasteiger partial charge >= 0.3 is 0 Å². The maximum atomic E-state index is 13.2. The molecule has 0 aliphatic heterocycles. The maximum absolute atomic E-state index is 13.2. The van der Waals surface area contributed by atoms with Crippen molar-refractivity contribution in [2.75, 3.05) is 0 Å². The summed E-state index contributed by atoms with van der Waals surface area (Å²) in [4.78, 5) is 0. The van der Waals surface area contributed by atoms with Crippen molar-refractivity contribution in [3.8, 4) is 0 Å². The minimum Gasteiger partial charge on any atom is -0.321 e. The highest BCUT2D eigenvalue weighted by Gasteiger charge is 2.15. The van der Waals surface area contributed by atoms with Gasteiger partial charge in [-0.25, -0.2) is 4.39 Å². The van der Waals surface area contributed by atoms with Gasteiger partial charge in [-0.3, -0.25) is 0 Å². The molecule has 1 nitrogen and oxygen atoms in total. The van der Waals surface area contributed by atoms with Gasteiger partial charge in [-0.1, -0.05) is 27.6 Å². The van der Waals surface area contributed by atoms with Gasteiger partial charge in [-0.15, -0.1) is 0 Å². The Morgan fingerprint density at radius 1 is 1.33 bits per heavy atom. The van der Waals surface area contributed by atoms with Gasteiger partial charge in [0, 0.05) is 4.47 Å². The number of nitrogens with two attached hydrogens (primary N) is 1. The molecule has 1 aliphatic rings. The predicted octanol–water partition coefficient (Wildman–Crippen LogP) is 3.70. The third kappa shape index (κ3) is 2.47. The van der Waals surface area contributed by atoms with Crippen LogP contribution >= 0.6 is 15.9 Å². The van der Waals surface area contributed by atoms with E-state index in [0.717, 1.165) is 22.9 Å². The van der Waals surface area contributed by atoms with Gasteiger partial charge in [0.1, 0.15) is 5.82 Å². The van der Waals surface area contributed by atoms with Crippen LogP contribution < -0.4 is 5.73 Å². The molecule has 3 heteroatoms. The van der Waals surface area contributed by atoms with Crippen molar-refractivity contribution in [3.05, 3.63) is 45.7 Å². The highest BCUT2D eigenvalue weighted by Crippen LogP contribution is 2.30. The molecule has 1 aromatic rings. The Morgan fingerprint density at radius 3 is 2.73 bits per heavy atom. The van der Waals surface area contributed by atoms with Crippen LogP contribution in [-0.4, -0.2) is 0 Å². The number of rotatable bonds is 2. The molecule has 0 aromatic heterocycles. The van der Waals surface area contributed by atoms with Crippen LogP contribution in [0.25, 0.3) is 0 Å². The summed E-state index contributed by atoms with van der Waals surface area (Å²) in [5.41, 5.74) is 8.15. The second-order valence-electron chi connectivity index (χ2n) is 3.85. The highest BCUT2D eigenvalue weighted by molar-refractivity contribution is 9.10. The molecule has 0 amide bonds. The average molecular weight is 270 g/mol. The van der Waals surface area contributed by atoms with E-state index in [9.17, 15) is 4.39 Å². The third-order valence-electron chi connectivity index (χ3n) is 2.72. The number of benzene rings is 1. The van der Waals surface area contributed by atoms with Gasteiger partial charge in [0.25, 0.3) is 0 Å². The Labute approximate surface area is 97.3 Å². The van der Waals surface area contributed by atoms with Crippen LogP contribution in [0.1, 0.15) is 30.9 Å². The Balaban J connectivity index is 2.28. The van der Waals surface area contributed by atoms with Gasteiger partial charge < -0.3 is 5.73 Å². The lowest BCUT2D eigenvalue weighted by atomic mass is 9.99. The molecule has 0 saturated heterocycles.